The van der Waals surface area contributed by atoms with E-state index < -0.39 is 0 Å². The van der Waals surface area contributed by atoms with Gasteiger partial charge in [-0.05, 0) is 25.0 Å². The van der Waals surface area contributed by atoms with Gasteiger partial charge in [0.2, 0.25) is 5.91 Å². The number of amides is 3. The second kappa shape index (κ2) is 8.89. The summed E-state index contributed by atoms with van der Waals surface area (Å²) in [6.45, 7) is 2.71. The molecular formula is C16H20N4O2S. The fourth-order valence-corrected chi connectivity index (χ4v) is 2.59. The topological polar surface area (TPSA) is 83.1 Å². The number of carbonyl (C=O) groups excluding carboxylic acids is 2. The fraction of sp³-hybridized carbons (Fsp3) is 0.312. The Kier molecular flexibility index (Phi) is 6.56. The number of hydrogen-bond donors (Lipinski definition) is 3. The van der Waals surface area contributed by atoms with Crippen LogP contribution in [-0.2, 0) is 11.2 Å². The predicted molar refractivity (Wildman–Crippen MR) is 92.8 cm³/mol. The molecule has 0 bridgehead atoms. The van der Waals surface area contributed by atoms with Gasteiger partial charge in [-0.2, -0.15) is 0 Å². The number of hydrogen-bond acceptors (Lipinski definition) is 4. The highest BCUT2D eigenvalue weighted by atomic mass is 32.1. The number of urea groups is 1. The van der Waals surface area contributed by atoms with Crippen LogP contribution in [0.25, 0.3) is 0 Å². The molecule has 0 saturated carbocycles. The van der Waals surface area contributed by atoms with Crippen molar-refractivity contribution in [3.05, 3.63) is 41.4 Å². The van der Waals surface area contributed by atoms with E-state index in [9.17, 15) is 9.59 Å². The molecule has 1 aromatic heterocycles. The predicted octanol–water partition coefficient (Wildman–Crippen LogP) is 3.25. The molecule has 2 rings (SSSR count). The Labute approximate surface area is 139 Å². The van der Waals surface area contributed by atoms with Crippen molar-refractivity contribution in [1.29, 1.82) is 0 Å². The normalized spacial score (nSPS) is 10.1. The fourth-order valence-electron chi connectivity index (χ4n) is 1.85. The number of nitrogens with one attached hydrogen (secondary N) is 3. The van der Waals surface area contributed by atoms with E-state index in [2.05, 4.69) is 20.9 Å². The summed E-state index contributed by atoms with van der Waals surface area (Å²) in [4.78, 5) is 27.7. The van der Waals surface area contributed by atoms with Crippen molar-refractivity contribution in [2.24, 2.45) is 0 Å². The van der Waals surface area contributed by atoms with Gasteiger partial charge in [-0.3, -0.25) is 10.1 Å². The Balaban J connectivity index is 1.78. The van der Waals surface area contributed by atoms with Gasteiger partial charge in [0.05, 0.1) is 5.69 Å². The second-order valence-electron chi connectivity index (χ2n) is 4.94. The standard InChI is InChI=1S/C16H20N4O2S/c1-2-10-17-14(21)9-8-13-11-23-16(19-13)20-15(22)18-12-6-4-3-5-7-12/h3-7,11H,2,8-10H2,1H3,(H,17,21)(H2,18,19,20,22). The lowest BCUT2D eigenvalue weighted by Crippen LogP contribution is -2.24. The number of thiazole rings is 1. The molecule has 0 aliphatic heterocycles. The average Bonchev–Trinajstić information content (AvgIpc) is 2.99. The molecule has 0 unspecified atom stereocenters. The lowest BCUT2D eigenvalue weighted by Gasteiger charge is -2.04. The molecule has 1 heterocycles. The third kappa shape index (κ3) is 6.07. The van der Waals surface area contributed by atoms with E-state index in [1.54, 1.807) is 0 Å². The Hall–Kier alpha value is -2.41. The largest absolute Gasteiger partial charge is 0.356 e. The van der Waals surface area contributed by atoms with Crippen molar-refractivity contribution in [2.45, 2.75) is 26.2 Å². The van der Waals surface area contributed by atoms with Crippen molar-refractivity contribution < 1.29 is 9.59 Å². The Morgan fingerprint density at radius 3 is 2.70 bits per heavy atom. The van der Waals surface area contributed by atoms with Crippen molar-refractivity contribution in [3.8, 4) is 0 Å². The Morgan fingerprint density at radius 1 is 1.17 bits per heavy atom. The first-order chi connectivity index (χ1) is 11.2. The zero-order valence-electron chi connectivity index (χ0n) is 13.0. The lowest BCUT2D eigenvalue weighted by atomic mass is 10.2. The van der Waals surface area contributed by atoms with E-state index in [1.807, 2.05) is 42.6 Å². The number of carbonyl (C=O) groups is 2. The highest BCUT2D eigenvalue weighted by molar-refractivity contribution is 7.13. The summed E-state index contributed by atoms with van der Waals surface area (Å²) in [5.74, 6) is 0.0242. The van der Waals surface area contributed by atoms with Crippen LogP contribution in [0.4, 0.5) is 15.6 Å². The molecule has 3 amide bonds. The highest BCUT2D eigenvalue weighted by Crippen LogP contribution is 2.17. The number of rotatable bonds is 7. The molecule has 0 fully saturated rings. The number of anilines is 2. The summed E-state index contributed by atoms with van der Waals surface area (Å²) in [6.07, 6.45) is 1.89. The van der Waals surface area contributed by atoms with Gasteiger partial charge >= 0.3 is 6.03 Å². The minimum absolute atomic E-state index is 0.0242. The maximum atomic E-state index is 11.9. The van der Waals surface area contributed by atoms with E-state index in [1.165, 1.54) is 11.3 Å². The first kappa shape index (κ1) is 17.0. The summed E-state index contributed by atoms with van der Waals surface area (Å²) in [5.41, 5.74) is 1.52. The van der Waals surface area contributed by atoms with Crippen molar-refractivity contribution in [1.82, 2.24) is 10.3 Å². The number of benzene rings is 1. The van der Waals surface area contributed by atoms with Crippen LogP contribution in [-0.4, -0.2) is 23.5 Å². The molecule has 0 saturated heterocycles. The minimum atomic E-state index is -0.335. The van der Waals surface area contributed by atoms with E-state index in [-0.39, 0.29) is 11.9 Å². The summed E-state index contributed by atoms with van der Waals surface area (Å²) in [6, 6.07) is 8.86. The van der Waals surface area contributed by atoms with E-state index >= 15 is 0 Å². The van der Waals surface area contributed by atoms with Crippen molar-refractivity contribution >= 4 is 34.1 Å². The number of aromatic nitrogens is 1. The SMILES string of the molecule is CCCNC(=O)CCc1csc(NC(=O)Nc2ccccc2)n1. The van der Waals surface area contributed by atoms with Crippen LogP contribution in [0.1, 0.15) is 25.5 Å². The van der Waals surface area contributed by atoms with Crippen LogP contribution in [0, 0.1) is 0 Å². The molecule has 1 aromatic carbocycles. The summed E-state index contributed by atoms with van der Waals surface area (Å²) < 4.78 is 0. The monoisotopic (exact) mass is 332 g/mol. The first-order valence-electron chi connectivity index (χ1n) is 7.51. The smallest absolute Gasteiger partial charge is 0.325 e. The van der Waals surface area contributed by atoms with Crippen molar-refractivity contribution in [2.75, 3.05) is 17.2 Å². The Morgan fingerprint density at radius 2 is 1.96 bits per heavy atom. The van der Waals surface area contributed by atoms with E-state index in [0.29, 0.717) is 24.5 Å². The van der Waals surface area contributed by atoms with Crippen LogP contribution >= 0.6 is 11.3 Å². The van der Waals surface area contributed by atoms with Gasteiger partial charge < -0.3 is 10.6 Å². The van der Waals surface area contributed by atoms with Crippen LogP contribution in [0.2, 0.25) is 0 Å². The zero-order chi connectivity index (χ0) is 16.5. The van der Waals surface area contributed by atoms with Crippen LogP contribution in [0.15, 0.2) is 35.7 Å². The minimum Gasteiger partial charge on any atom is -0.356 e. The summed E-state index contributed by atoms with van der Waals surface area (Å²) in [7, 11) is 0. The van der Waals surface area contributed by atoms with Gasteiger partial charge in [0.25, 0.3) is 0 Å². The third-order valence-corrected chi connectivity index (χ3v) is 3.79. The van der Waals surface area contributed by atoms with Gasteiger partial charge in [0.1, 0.15) is 0 Å². The molecular weight excluding hydrogens is 312 g/mol. The van der Waals surface area contributed by atoms with Crippen molar-refractivity contribution in [3.63, 3.8) is 0 Å². The van der Waals surface area contributed by atoms with Crippen LogP contribution in [0.3, 0.4) is 0 Å². The van der Waals surface area contributed by atoms with Gasteiger partial charge in [0, 0.05) is 24.0 Å². The van der Waals surface area contributed by atoms with Crippen LogP contribution in [0.5, 0.6) is 0 Å². The molecule has 23 heavy (non-hydrogen) atoms. The molecule has 0 aliphatic carbocycles. The van der Waals surface area contributed by atoms with E-state index in [0.717, 1.165) is 17.8 Å². The Bertz CT molecular complexity index is 643. The van der Waals surface area contributed by atoms with Gasteiger partial charge in [0.15, 0.2) is 5.13 Å². The number of para-hydroxylation sites is 1. The van der Waals surface area contributed by atoms with Crippen LogP contribution < -0.4 is 16.0 Å². The number of nitrogens with zero attached hydrogens (tertiary/aromatic N) is 1. The average molecular weight is 332 g/mol. The molecule has 2 aromatic rings. The molecule has 0 spiro atoms. The molecule has 0 atom stereocenters. The van der Waals surface area contributed by atoms with Gasteiger partial charge in [-0.1, -0.05) is 25.1 Å². The maximum Gasteiger partial charge on any atom is 0.325 e. The van der Waals surface area contributed by atoms with Gasteiger partial charge in [-0.15, -0.1) is 11.3 Å². The maximum absolute atomic E-state index is 11.9. The number of aryl methyl sites for hydroxylation is 1. The second-order valence-corrected chi connectivity index (χ2v) is 5.80. The molecule has 0 aliphatic rings. The zero-order valence-corrected chi connectivity index (χ0v) is 13.8. The first-order valence-corrected chi connectivity index (χ1v) is 8.39. The molecule has 6 nitrogen and oxygen atoms in total. The van der Waals surface area contributed by atoms with E-state index in [4.69, 9.17) is 0 Å². The molecule has 0 radical (unpaired) electrons. The molecule has 122 valence electrons. The quantitative estimate of drug-likeness (QED) is 0.728. The lowest BCUT2D eigenvalue weighted by molar-refractivity contribution is -0.121. The highest BCUT2D eigenvalue weighted by Gasteiger charge is 2.08. The summed E-state index contributed by atoms with van der Waals surface area (Å²) in [5, 5.41) is 10.6. The summed E-state index contributed by atoms with van der Waals surface area (Å²) >= 11 is 1.34. The molecule has 3 N–H and O–H groups in total. The van der Waals surface area contributed by atoms with Gasteiger partial charge in [-0.25, -0.2) is 9.78 Å². The molecule has 7 heteroatoms. The third-order valence-electron chi connectivity index (χ3n) is 2.98.